The highest BCUT2D eigenvalue weighted by Gasteiger charge is 2.44. The summed E-state index contributed by atoms with van der Waals surface area (Å²) in [6.45, 7) is 1.58. The van der Waals surface area contributed by atoms with E-state index in [0.29, 0.717) is 22.4 Å². The Kier molecular flexibility index (Phi) is 4.36. The van der Waals surface area contributed by atoms with Crippen LogP contribution in [0.1, 0.15) is 41.6 Å². The summed E-state index contributed by atoms with van der Waals surface area (Å²) in [5, 5.41) is 15.5. The molecule has 2 aromatic heterocycles. The zero-order chi connectivity index (χ0) is 18.9. The minimum Gasteiger partial charge on any atom is -0.343 e. The molecule has 2 aromatic rings. The Morgan fingerprint density at radius 1 is 1.19 bits per heavy atom. The number of likely N-dealkylation sites (tertiary alicyclic amines) is 1. The number of rotatable bonds is 4. The summed E-state index contributed by atoms with van der Waals surface area (Å²) in [6.07, 6.45) is 9.19. The predicted molar refractivity (Wildman–Crippen MR) is 95.9 cm³/mol. The molecule has 8 nitrogen and oxygen atoms in total. The molecule has 4 rings (SSSR count). The quantitative estimate of drug-likeness (QED) is 0.880. The molecular weight excluding hydrogens is 344 g/mol. The first-order valence-electron chi connectivity index (χ1n) is 9.06. The van der Waals surface area contributed by atoms with Gasteiger partial charge in [-0.25, -0.2) is 9.67 Å². The number of hydrogen-bond donors (Lipinski definition) is 1. The highest BCUT2D eigenvalue weighted by Crippen LogP contribution is 2.53. The fraction of sp³-hybridized carbons (Fsp3) is 0.421. The van der Waals surface area contributed by atoms with E-state index in [1.807, 2.05) is 11.0 Å². The highest BCUT2D eigenvalue weighted by molar-refractivity contribution is 5.96. The number of carbonyl (C=O) groups excluding carboxylic acids is 2. The van der Waals surface area contributed by atoms with E-state index < -0.39 is 0 Å². The maximum atomic E-state index is 12.3. The number of aromatic nitrogens is 3. The van der Waals surface area contributed by atoms with Crippen LogP contribution in [0.3, 0.4) is 0 Å². The van der Waals surface area contributed by atoms with E-state index in [9.17, 15) is 9.59 Å². The van der Waals surface area contributed by atoms with Gasteiger partial charge in [-0.05, 0) is 43.2 Å². The largest absolute Gasteiger partial charge is 0.343 e. The summed E-state index contributed by atoms with van der Waals surface area (Å²) in [7, 11) is 0. The van der Waals surface area contributed by atoms with E-state index >= 15 is 0 Å². The maximum absolute atomic E-state index is 12.3. The molecule has 2 fully saturated rings. The molecule has 1 spiro atoms. The first-order valence-corrected chi connectivity index (χ1v) is 9.06. The van der Waals surface area contributed by atoms with Gasteiger partial charge in [-0.1, -0.05) is 0 Å². The Hall–Kier alpha value is -3.21. The summed E-state index contributed by atoms with van der Waals surface area (Å²) >= 11 is 0. The number of nitriles is 1. The monoisotopic (exact) mass is 364 g/mol. The van der Waals surface area contributed by atoms with Crippen molar-refractivity contribution in [2.45, 2.75) is 25.7 Å². The van der Waals surface area contributed by atoms with Crippen molar-refractivity contribution in [1.82, 2.24) is 25.0 Å². The fourth-order valence-electron chi connectivity index (χ4n) is 3.44. The van der Waals surface area contributed by atoms with Gasteiger partial charge in [0.25, 0.3) is 5.91 Å². The van der Waals surface area contributed by atoms with Gasteiger partial charge >= 0.3 is 0 Å². The molecule has 0 aromatic carbocycles. The lowest BCUT2D eigenvalue weighted by atomic mass is 9.94. The van der Waals surface area contributed by atoms with Gasteiger partial charge in [-0.15, -0.1) is 0 Å². The number of nitrogens with one attached hydrogen (secondary N) is 1. The van der Waals surface area contributed by atoms with Crippen LogP contribution in [0, 0.1) is 16.7 Å². The molecule has 1 aliphatic heterocycles. The van der Waals surface area contributed by atoms with Crippen molar-refractivity contribution in [2.75, 3.05) is 19.6 Å². The lowest BCUT2D eigenvalue weighted by Crippen LogP contribution is -2.44. The van der Waals surface area contributed by atoms with Crippen LogP contribution < -0.4 is 5.32 Å². The molecular formula is C19H20N6O2. The van der Waals surface area contributed by atoms with Crippen LogP contribution in [0.25, 0.3) is 5.82 Å². The molecule has 8 heteroatoms. The Morgan fingerprint density at radius 2 is 1.96 bits per heavy atom. The lowest BCUT2D eigenvalue weighted by Gasteiger charge is -2.32. The Balaban J connectivity index is 1.30. The van der Waals surface area contributed by atoms with Crippen LogP contribution in [-0.4, -0.2) is 51.1 Å². The second-order valence-electron chi connectivity index (χ2n) is 7.25. The van der Waals surface area contributed by atoms with E-state index in [0.717, 1.165) is 25.9 Å². The molecule has 138 valence electrons. The lowest BCUT2D eigenvalue weighted by molar-refractivity contribution is -0.131. The minimum absolute atomic E-state index is 0.00172. The van der Waals surface area contributed by atoms with Crippen molar-refractivity contribution < 1.29 is 9.59 Å². The number of carbonyl (C=O) groups is 2. The van der Waals surface area contributed by atoms with Crippen LogP contribution in [0.2, 0.25) is 0 Å². The van der Waals surface area contributed by atoms with E-state index in [1.165, 1.54) is 29.9 Å². The predicted octanol–water partition coefficient (Wildman–Crippen LogP) is 1.27. The van der Waals surface area contributed by atoms with Crippen LogP contribution in [-0.2, 0) is 4.79 Å². The third kappa shape index (κ3) is 3.67. The molecule has 2 amide bonds. The molecule has 1 aliphatic carbocycles. The van der Waals surface area contributed by atoms with Crippen molar-refractivity contribution in [1.29, 1.82) is 5.26 Å². The van der Waals surface area contributed by atoms with Gasteiger partial charge in [0.15, 0.2) is 5.82 Å². The topological polar surface area (TPSA) is 104 Å². The maximum Gasteiger partial charge on any atom is 0.253 e. The second-order valence-corrected chi connectivity index (χ2v) is 7.25. The average Bonchev–Trinajstić information content (AvgIpc) is 3.28. The van der Waals surface area contributed by atoms with Crippen molar-refractivity contribution in [3.8, 4) is 11.9 Å². The van der Waals surface area contributed by atoms with Crippen LogP contribution in [0.15, 0.2) is 30.7 Å². The van der Waals surface area contributed by atoms with Gasteiger partial charge < -0.3 is 10.2 Å². The van der Waals surface area contributed by atoms with Gasteiger partial charge in [0, 0.05) is 19.3 Å². The summed E-state index contributed by atoms with van der Waals surface area (Å²) in [5.74, 6) is 0.131. The number of nitrogens with zero attached hydrogens (tertiary/aromatic N) is 5. The van der Waals surface area contributed by atoms with Crippen molar-refractivity contribution in [3.63, 3.8) is 0 Å². The van der Waals surface area contributed by atoms with E-state index in [4.69, 9.17) is 5.26 Å². The molecule has 1 saturated carbocycles. The zero-order valence-electron chi connectivity index (χ0n) is 14.9. The number of pyridine rings is 1. The molecule has 1 saturated heterocycles. The molecule has 27 heavy (non-hydrogen) atoms. The van der Waals surface area contributed by atoms with Gasteiger partial charge in [-0.2, -0.15) is 10.4 Å². The Bertz CT molecular complexity index is 897. The van der Waals surface area contributed by atoms with Crippen LogP contribution in [0.4, 0.5) is 0 Å². The smallest absolute Gasteiger partial charge is 0.253 e. The van der Waals surface area contributed by atoms with Crippen molar-refractivity contribution in [2.24, 2.45) is 5.41 Å². The van der Waals surface area contributed by atoms with E-state index in [1.54, 1.807) is 18.3 Å². The number of hydrogen-bond acceptors (Lipinski definition) is 5. The number of amides is 2. The SMILES string of the molecule is N#Cc1cnn(-c2ccc(C(=O)NCC(=O)N3CCC4(CC3)CC4)cn2)c1. The molecule has 0 bridgehead atoms. The van der Waals surface area contributed by atoms with Crippen molar-refractivity contribution >= 4 is 11.8 Å². The second kappa shape index (κ2) is 6.83. The first-order chi connectivity index (χ1) is 13.1. The van der Waals surface area contributed by atoms with Gasteiger partial charge in [0.1, 0.15) is 6.07 Å². The standard InChI is InChI=1S/C19H20N6O2/c20-9-14-10-23-25(13-14)16-2-1-15(11-21-16)18(27)22-12-17(26)24-7-5-19(3-4-19)6-8-24/h1-2,10-11,13H,3-8,12H2,(H,22,27). The highest BCUT2D eigenvalue weighted by atomic mass is 16.2. The van der Waals surface area contributed by atoms with Gasteiger partial charge in [-0.3, -0.25) is 9.59 Å². The molecule has 1 N–H and O–H groups in total. The summed E-state index contributed by atoms with van der Waals surface area (Å²) < 4.78 is 1.47. The van der Waals surface area contributed by atoms with Gasteiger partial charge in [0.05, 0.1) is 30.1 Å². The summed E-state index contributed by atoms with van der Waals surface area (Å²) in [4.78, 5) is 30.6. The molecule has 0 atom stereocenters. The van der Waals surface area contributed by atoms with Crippen molar-refractivity contribution in [3.05, 3.63) is 41.9 Å². The van der Waals surface area contributed by atoms with E-state index in [-0.39, 0.29) is 18.4 Å². The summed E-state index contributed by atoms with van der Waals surface area (Å²) in [5.41, 5.74) is 1.33. The normalized spacial score (nSPS) is 17.4. The third-order valence-corrected chi connectivity index (χ3v) is 5.49. The van der Waals surface area contributed by atoms with Crippen LogP contribution in [0.5, 0.6) is 0 Å². The average molecular weight is 364 g/mol. The fourth-order valence-corrected chi connectivity index (χ4v) is 3.44. The molecule has 0 unspecified atom stereocenters. The molecule has 0 radical (unpaired) electrons. The zero-order valence-corrected chi connectivity index (χ0v) is 14.9. The number of piperidine rings is 1. The van der Waals surface area contributed by atoms with Crippen LogP contribution >= 0.6 is 0 Å². The summed E-state index contributed by atoms with van der Waals surface area (Å²) in [6, 6.07) is 5.26. The Labute approximate surface area is 156 Å². The van der Waals surface area contributed by atoms with Gasteiger partial charge in [0.2, 0.25) is 5.91 Å². The van der Waals surface area contributed by atoms with E-state index in [2.05, 4.69) is 15.4 Å². The minimum atomic E-state index is -0.337. The first kappa shape index (κ1) is 17.2. The third-order valence-electron chi connectivity index (χ3n) is 5.49. The Morgan fingerprint density at radius 3 is 2.56 bits per heavy atom. The molecule has 3 heterocycles. The molecule has 2 aliphatic rings.